The zero-order valence-electron chi connectivity index (χ0n) is 7.97. The second kappa shape index (κ2) is 2.98. The molecule has 1 saturated heterocycles. The number of likely N-dealkylation sites (N-methyl/N-ethyl adjacent to an activating group) is 1. The van der Waals surface area contributed by atoms with Crippen LogP contribution in [0.15, 0.2) is 10.6 Å². The van der Waals surface area contributed by atoms with Gasteiger partial charge in [-0.1, -0.05) is 5.16 Å². The third kappa shape index (κ3) is 1.24. The molecule has 0 saturated carbocycles. The van der Waals surface area contributed by atoms with Gasteiger partial charge in [0.2, 0.25) is 5.88 Å². The van der Waals surface area contributed by atoms with E-state index in [0.29, 0.717) is 5.69 Å². The van der Waals surface area contributed by atoms with Crippen molar-refractivity contribution < 1.29 is 14.4 Å². The molecule has 2 heterocycles. The van der Waals surface area contributed by atoms with Crippen LogP contribution < -0.4 is 4.90 Å². The third-order valence-electron chi connectivity index (χ3n) is 2.12. The number of rotatable bonds is 1. The Bertz CT molecular complexity index is 362. The number of aliphatic hydroxyl groups is 1. The van der Waals surface area contributed by atoms with Gasteiger partial charge in [-0.15, -0.1) is 0 Å². The van der Waals surface area contributed by atoms with E-state index in [1.54, 1.807) is 20.0 Å². The zero-order chi connectivity index (χ0) is 10.3. The molecular weight excluding hydrogens is 186 g/mol. The van der Waals surface area contributed by atoms with Crippen LogP contribution in [0.5, 0.6) is 0 Å². The fourth-order valence-electron chi connectivity index (χ4n) is 1.42. The molecule has 6 nitrogen and oxygen atoms in total. The van der Waals surface area contributed by atoms with Crippen LogP contribution in [0.2, 0.25) is 0 Å². The van der Waals surface area contributed by atoms with E-state index in [0.717, 1.165) is 0 Å². The van der Waals surface area contributed by atoms with Gasteiger partial charge in [0.05, 0.1) is 12.2 Å². The quantitative estimate of drug-likeness (QED) is 0.696. The van der Waals surface area contributed by atoms with Crippen molar-refractivity contribution in [2.45, 2.75) is 13.2 Å². The van der Waals surface area contributed by atoms with Gasteiger partial charge in [0.15, 0.2) is 6.23 Å². The Morgan fingerprint density at radius 1 is 1.71 bits per heavy atom. The maximum absolute atomic E-state index is 11.5. The molecule has 0 bridgehead atoms. The number of aliphatic hydroxyl groups excluding tert-OH is 1. The van der Waals surface area contributed by atoms with E-state index in [1.807, 2.05) is 0 Å². The van der Waals surface area contributed by atoms with Crippen LogP contribution in [0.4, 0.5) is 10.7 Å². The normalized spacial score (nSPS) is 22.2. The lowest BCUT2D eigenvalue weighted by atomic mass is 10.4. The molecule has 1 aliphatic heterocycles. The summed E-state index contributed by atoms with van der Waals surface area (Å²) >= 11 is 0. The first-order chi connectivity index (χ1) is 6.59. The Morgan fingerprint density at radius 2 is 2.43 bits per heavy atom. The summed E-state index contributed by atoms with van der Waals surface area (Å²) in [5.74, 6) is 0.282. The third-order valence-corrected chi connectivity index (χ3v) is 2.12. The van der Waals surface area contributed by atoms with E-state index >= 15 is 0 Å². The van der Waals surface area contributed by atoms with E-state index in [-0.39, 0.29) is 18.5 Å². The van der Waals surface area contributed by atoms with Gasteiger partial charge < -0.3 is 14.5 Å². The van der Waals surface area contributed by atoms with Gasteiger partial charge in [0.1, 0.15) is 0 Å². The minimum Gasteiger partial charge on any atom is -0.371 e. The maximum Gasteiger partial charge on any atom is 0.329 e. The molecule has 6 heteroatoms. The fraction of sp³-hybridized carbons (Fsp3) is 0.500. The summed E-state index contributed by atoms with van der Waals surface area (Å²) in [5, 5.41) is 13.2. The fourth-order valence-corrected chi connectivity index (χ4v) is 1.42. The highest BCUT2D eigenvalue weighted by molar-refractivity contribution is 5.93. The van der Waals surface area contributed by atoms with Crippen molar-refractivity contribution in [3.05, 3.63) is 11.8 Å². The van der Waals surface area contributed by atoms with Gasteiger partial charge in [-0.05, 0) is 6.92 Å². The van der Waals surface area contributed by atoms with Crippen molar-refractivity contribution in [2.24, 2.45) is 0 Å². The summed E-state index contributed by atoms with van der Waals surface area (Å²) in [6.45, 7) is 2.03. The molecule has 76 valence electrons. The first-order valence-corrected chi connectivity index (χ1v) is 4.25. The minimum atomic E-state index is -0.861. The SMILES string of the molecule is Cc1cc(N2C(=O)N(C)CC2O)on1. The predicted octanol–water partition coefficient (Wildman–Crippen LogP) is 0.173. The second-order valence-corrected chi connectivity index (χ2v) is 3.32. The Labute approximate surface area is 80.7 Å². The zero-order valence-corrected chi connectivity index (χ0v) is 7.97. The van der Waals surface area contributed by atoms with Gasteiger partial charge in [0, 0.05) is 13.1 Å². The number of anilines is 1. The van der Waals surface area contributed by atoms with Crippen molar-refractivity contribution in [1.29, 1.82) is 0 Å². The van der Waals surface area contributed by atoms with Crippen LogP contribution in [-0.4, -0.2) is 41.0 Å². The molecule has 1 aromatic heterocycles. The van der Waals surface area contributed by atoms with Crippen LogP contribution in [0.25, 0.3) is 0 Å². The van der Waals surface area contributed by atoms with Gasteiger partial charge in [0.25, 0.3) is 0 Å². The van der Waals surface area contributed by atoms with Crippen molar-refractivity contribution in [2.75, 3.05) is 18.5 Å². The highest BCUT2D eigenvalue weighted by Gasteiger charge is 2.37. The van der Waals surface area contributed by atoms with Crippen molar-refractivity contribution in [3.8, 4) is 0 Å². The number of carbonyl (C=O) groups is 1. The topological polar surface area (TPSA) is 69.8 Å². The first-order valence-electron chi connectivity index (χ1n) is 4.25. The van der Waals surface area contributed by atoms with Crippen molar-refractivity contribution in [3.63, 3.8) is 0 Å². The predicted molar refractivity (Wildman–Crippen MR) is 47.8 cm³/mol. The van der Waals surface area contributed by atoms with Gasteiger partial charge >= 0.3 is 6.03 Å². The van der Waals surface area contributed by atoms with E-state index in [1.165, 1.54) is 9.80 Å². The van der Waals surface area contributed by atoms with E-state index < -0.39 is 6.23 Å². The molecule has 2 amide bonds. The molecular formula is C8H11N3O3. The molecule has 2 rings (SSSR count). The molecule has 1 unspecified atom stereocenters. The lowest BCUT2D eigenvalue weighted by Crippen LogP contribution is -2.33. The average molecular weight is 197 g/mol. The number of hydrogen-bond acceptors (Lipinski definition) is 4. The molecule has 1 N–H and O–H groups in total. The molecule has 1 aliphatic rings. The summed E-state index contributed by atoms with van der Waals surface area (Å²) in [4.78, 5) is 14.1. The molecule has 0 spiro atoms. The van der Waals surface area contributed by atoms with Crippen molar-refractivity contribution in [1.82, 2.24) is 10.1 Å². The minimum absolute atomic E-state index is 0.276. The molecule has 0 aromatic carbocycles. The Morgan fingerprint density at radius 3 is 2.86 bits per heavy atom. The highest BCUT2D eigenvalue weighted by atomic mass is 16.5. The second-order valence-electron chi connectivity index (χ2n) is 3.32. The summed E-state index contributed by atoms with van der Waals surface area (Å²) < 4.78 is 4.91. The Hall–Kier alpha value is -1.56. The Balaban J connectivity index is 2.30. The summed E-state index contributed by atoms with van der Waals surface area (Å²) in [5.41, 5.74) is 0.676. The van der Waals surface area contributed by atoms with Crippen LogP contribution in [0.1, 0.15) is 5.69 Å². The van der Waals surface area contributed by atoms with Gasteiger partial charge in [-0.2, -0.15) is 0 Å². The standard InChI is InChI=1S/C8H11N3O3/c1-5-3-7(14-9-5)11-6(12)4-10(2)8(11)13/h3,6,12H,4H2,1-2H3. The number of hydrogen-bond donors (Lipinski definition) is 1. The maximum atomic E-state index is 11.5. The van der Waals surface area contributed by atoms with Crippen LogP contribution in [-0.2, 0) is 0 Å². The largest absolute Gasteiger partial charge is 0.371 e. The first kappa shape index (κ1) is 9.01. The molecule has 14 heavy (non-hydrogen) atoms. The number of β-amino-alcohol motifs (C(OH)–C–C–N with tert-alkyl or cyclic N) is 1. The van der Waals surface area contributed by atoms with Crippen molar-refractivity contribution >= 4 is 11.9 Å². The van der Waals surface area contributed by atoms with Gasteiger partial charge in [-0.25, -0.2) is 9.69 Å². The molecule has 0 aliphatic carbocycles. The number of aromatic nitrogens is 1. The monoisotopic (exact) mass is 197 g/mol. The molecule has 1 aromatic rings. The van der Waals surface area contributed by atoms with Crippen LogP contribution in [0, 0.1) is 6.92 Å². The van der Waals surface area contributed by atoms with E-state index in [9.17, 15) is 9.90 Å². The molecule has 0 radical (unpaired) electrons. The number of carbonyl (C=O) groups excluding carboxylic acids is 1. The molecule has 1 atom stereocenters. The number of aryl methyl sites for hydroxylation is 1. The number of urea groups is 1. The van der Waals surface area contributed by atoms with E-state index in [2.05, 4.69) is 5.16 Å². The van der Waals surface area contributed by atoms with E-state index in [4.69, 9.17) is 4.52 Å². The average Bonchev–Trinajstić information content (AvgIpc) is 2.60. The highest BCUT2D eigenvalue weighted by Crippen LogP contribution is 2.23. The lowest BCUT2D eigenvalue weighted by molar-refractivity contribution is 0.179. The number of amides is 2. The van der Waals surface area contributed by atoms with Crippen LogP contribution >= 0.6 is 0 Å². The number of nitrogens with zero attached hydrogens (tertiary/aromatic N) is 3. The smallest absolute Gasteiger partial charge is 0.329 e. The van der Waals surface area contributed by atoms with Gasteiger partial charge in [-0.3, -0.25) is 0 Å². The van der Waals surface area contributed by atoms with Crippen LogP contribution in [0.3, 0.4) is 0 Å². The summed E-state index contributed by atoms with van der Waals surface area (Å²) in [6, 6.07) is 1.33. The summed E-state index contributed by atoms with van der Waals surface area (Å²) in [6.07, 6.45) is -0.861. The Kier molecular flexibility index (Phi) is 1.92. The molecule has 1 fully saturated rings. The summed E-state index contributed by atoms with van der Waals surface area (Å²) in [7, 11) is 1.62. The lowest BCUT2D eigenvalue weighted by Gasteiger charge is -2.13.